The fraction of sp³-hybridized carbons (Fsp3) is 0.429. The molecule has 2 amide bonds. The third-order valence-corrected chi connectivity index (χ3v) is 2.91. The number of rotatable bonds is 6. The van der Waals surface area contributed by atoms with E-state index in [0.29, 0.717) is 17.9 Å². The number of nitrogens with two attached hydrogens (primary N) is 1. The highest BCUT2D eigenvalue weighted by atomic mass is 16.5. The summed E-state index contributed by atoms with van der Waals surface area (Å²) in [5.41, 5.74) is 6.56. The van der Waals surface area contributed by atoms with Gasteiger partial charge in [-0.3, -0.25) is 9.59 Å². The maximum absolute atomic E-state index is 12.5. The lowest BCUT2D eigenvalue weighted by molar-refractivity contribution is -0.121. The molecule has 110 valence electrons. The molecule has 0 aliphatic rings. The van der Waals surface area contributed by atoms with Crippen molar-refractivity contribution in [2.45, 2.75) is 13.3 Å². The molecule has 1 aromatic carbocycles. The molecule has 0 saturated heterocycles. The Morgan fingerprint density at radius 2 is 2.10 bits per heavy atom. The number of methoxy groups -OCH3 is 1. The van der Waals surface area contributed by atoms with Crippen molar-refractivity contribution in [2.75, 3.05) is 33.0 Å². The maximum atomic E-state index is 12.5. The molecular weight excluding hydrogens is 258 g/mol. The first-order valence-electron chi connectivity index (χ1n) is 6.47. The van der Waals surface area contributed by atoms with Crippen LogP contribution >= 0.6 is 0 Å². The lowest BCUT2D eigenvalue weighted by Crippen LogP contribution is -2.40. The zero-order chi connectivity index (χ0) is 15.1. The number of amides is 2. The van der Waals surface area contributed by atoms with Crippen molar-refractivity contribution >= 4 is 17.5 Å². The number of nitrogens with one attached hydrogen (secondary N) is 1. The molecule has 0 spiro atoms. The van der Waals surface area contributed by atoms with Crippen LogP contribution in [-0.4, -0.2) is 44.0 Å². The summed E-state index contributed by atoms with van der Waals surface area (Å²) in [6.07, 6.45) is 0.757. The molecule has 0 atom stereocenters. The number of ether oxygens (including phenoxy) is 1. The SMILES string of the molecule is CCCN(CC(=O)NC)C(=O)c1cccc(OC)c1N. The molecule has 6 nitrogen and oxygen atoms in total. The summed E-state index contributed by atoms with van der Waals surface area (Å²) in [5.74, 6) is -0.0349. The topological polar surface area (TPSA) is 84.7 Å². The fourth-order valence-corrected chi connectivity index (χ4v) is 1.85. The first-order valence-corrected chi connectivity index (χ1v) is 6.47. The van der Waals surface area contributed by atoms with E-state index >= 15 is 0 Å². The van der Waals surface area contributed by atoms with Crippen LogP contribution in [0.1, 0.15) is 23.7 Å². The second kappa shape index (κ2) is 7.37. The summed E-state index contributed by atoms with van der Waals surface area (Å²) in [6, 6.07) is 5.02. The third kappa shape index (κ3) is 3.63. The minimum Gasteiger partial charge on any atom is -0.495 e. The molecule has 0 unspecified atom stereocenters. The maximum Gasteiger partial charge on any atom is 0.256 e. The number of likely N-dealkylation sites (N-methyl/N-ethyl adjacent to an activating group) is 1. The van der Waals surface area contributed by atoms with Gasteiger partial charge in [-0.1, -0.05) is 13.0 Å². The van der Waals surface area contributed by atoms with Gasteiger partial charge in [0.2, 0.25) is 5.91 Å². The number of anilines is 1. The molecule has 0 aliphatic carbocycles. The summed E-state index contributed by atoms with van der Waals surface area (Å²) >= 11 is 0. The number of hydrogen-bond acceptors (Lipinski definition) is 4. The molecule has 1 rings (SSSR count). The first kappa shape index (κ1) is 15.8. The van der Waals surface area contributed by atoms with Gasteiger partial charge in [-0.2, -0.15) is 0 Å². The Morgan fingerprint density at radius 1 is 1.40 bits per heavy atom. The Morgan fingerprint density at radius 3 is 2.65 bits per heavy atom. The first-order chi connectivity index (χ1) is 9.54. The third-order valence-electron chi connectivity index (χ3n) is 2.91. The Hall–Kier alpha value is -2.24. The Bertz CT molecular complexity index is 489. The van der Waals surface area contributed by atoms with Crippen molar-refractivity contribution in [3.63, 3.8) is 0 Å². The van der Waals surface area contributed by atoms with Gasteiger partial charge in [0, 0.05) is 13.6 Å². The largest absolute Gasteiger partial charge is 0.495 e. The highest BCUT2D eigenvalue weighted by Crippen LogP contribution is 2.25. The fourth-order valence-electron chi connectivity index (χ4n) is 1.85. The summed E-state index contributed by atoms with van der Waals surface area (Å²) in [7, 11) is 3.03. The highest BCUT2D eigenvalue weighted by molar-refractivity contribution is 6.01. The lowest BCUT2D eigenvalue weighted by atomic mass is 10.1. The van der Waals surface area contributed by atoms with Crippen molar-refractivity contribution in [1.29, 1.82) is 0 Å². The van der Waals surface area contributed by atoms with Crippen LogP contribution < -0.4 is 15.8 Å². The minimum atomic E-state index is -0.271. The number of nitrogen functional groups attached to an aromatic ring is 1. The average Bonchev–Trinajstić information content (AvgIpc) is 2.46. The molecule has 0 bridgehead atoms. The standard InChI is InChI=1S/C14H21N3O3/c1-4-8-17(9-12(18)16-2)14(19)10-6-5-7-11(20-3)13(10)15/h5-7H,4,8-9,15H2,1-3H3,(H,16,18). The Labute approximate surface area is 118 Å². The number of hydrogen-bond donors (Lipinski definition) is 2. The van der Waals surface area contributed by atoms with Gasteiger partial charge in [0.05, 0.1) is 24.9 Å². The summed E-state index contributed by atoms with van der Waals surface area (Å²) in [5, 5.41) is 2.51. The molecule has 6 heteroatoms. The highest BCUT2D eigenvalue weighted by Gasteiger charge is 2.21. The molecule has 0 aliphatic heterocycles. The molecule has 0 fully saturated rings. The number of para-hydroxylation sites is 1. The minimum absolute atomic E-state index is 0.0137. The molecule has 1 aromatic rings. The van der Waals surface area contributed by atoms with Crippen LogP contribution in [0.5, 0.6) is 5.75 Å². The van der Waals surface area contributed by atoms with Gasteiger partial charge < -0.3 is 20.7 Å². The van der Waals surface area contributed by atoms with Crippen LogP contribution in [0.2, 0.25) is 0 Å². The van der Waals surface area contributed by atoms with Crippen LogP contribution in [0.25, 0.3) is 0 Å². The van der Waals surface area contributed by atoms with Crippen LogP contribution in [0.3, 0.4) is 0 Å². The number of benzene rings is 1. The van der Waals surface area contributed by atoms with Crippen LogP contribution in [0.15, 0.2) is 18.2 Å². The van der Waals surface area contributed by atoms with E-state index in [2.05, 4.69) is 5.32 Å². The van der Waals surface area contributed by atoms with E-state index in [1.807, 2.05) is 6.92 Å². The van der Waals surface area contributed by atoms with E-state index in [9.17, 15) is 9.59 Å². The zero-order valence-corrected chi connectivity index (χ0v) is 12.1. The van der Waals surface area contributed by atoms with Crippen molar-refractivity contribution in [1.82, 2.24) is 10.2 Å². The van der Waals surface area contributed by atoms with Gasteiger partial charge in [-0.25, -0.2) is 0 Å². The zero-order valence-electron chi connectivity index (χ0n) is 12.1. The van der Waals surface area contributed by atoms with Gasteiger partial charge in [0.1, 0.15) is 5.75 Å². The molecule has 0 radical (unpaired) electrons. The van der Waals surface area contributed by atoms with E-state index in [-0.39, 0.29) is 24.0 Å². The van der Waals surface area contributed by atoms with Crippen molar-refractivity contribution in [3.8, 4) is 5.75 Å². The molecule has 3 N–H and O–H groups in total. The monoisotopic (exact) mass is 279 g/mol. The smallest absolute Gasteiger partial charge is 0.256 e. The molecular formula is C14H21N3O3. The molecule has 20 heavy (non-hydrogen) atoms. The number of nitrogens with zero attached hydrogens (tertiary/aromatic N) is 1. The molecule has 0 saturated carbocycles. The number of carbonyl (C=O) groups excluding carboxylic acids is 2. The van der Waals surface area contributed by atoms with E-state index in [1.54, 1.807) is 18.2 Å². The van der Waals surface area contributed by atoms with Gasteiger partial charge in [0.25, 0.3) is 5.91 Å². The number of carbonyl (C=O) groups is 2. The van der Waals surface area contributed by atoms with Crippen molar-refractivity contribution < 1.29 is 14.3 Å². The van der Waals surface area contributed by atoms with Crippen LogP contribution in [0.4, 0.5) is 5.69 Å². The van der Waals surface area contributed by atoms with E-state index in [1.165, 1.54) is 19.1 Å². The van der Waals surface area contributed by atoms with Crippen LogP contribution in [-0.2, 0) is 4.79 Å². The second-order valence-electron chi connectivity index (χ2n) is 4.32. The van der Waals surface area contributed by atoms with Gasteiger partial charge in [-0.15, -0.1) is 0 Å². The molecule has 0 heterocycles. The average molecular weight is 279 g/mol. The van der Waals surface area contributed by atoms with Gasteiger partial charge >= 0.3 is 0 Å². The van der Waals surface area contributed by atoms with Crippen LogP contribution in [0, 0.1) is 0 Å². The molecule has 0 aromatic heterocycles. The van der Waals surface area contributed by atoms with Gasteiger partial charge in [0.15, 0.2) is 0 Å². The van der Waals surface area contributed by atoms with E-state index in [4.69, 9.17) is 10.5 Å². The summed E-state index contributed by atoms with van der Waals surface area (Å²) in [4.78, 5) is 25.4. The second-order valence-corrected chi connectivity index (χ2v) is 4.32. The Kier molecular flexibility index (Phi) is 5.83. The lowest BCUT2D eigenvalue weighted by Gasteiger charge is -2.22. The van der Waals surface area contributed by atoms with Crippen molar-refractivity contribution in [2.24, 2.45) is 0 Å². The normalized spacial score (nSPS) is 9.95. The van der Waals surface area contributed by atoms with Gasteiger partial charge in [-0.05, 0) is 18.6 Å². The predicted octanol–water partition coefficient (Wildman–Crippen LogP) is 0.876. The summed E-state index contributed by atoms with van der Waals surface area (Å²) in [6.45, 7) is 2.45. The Balaban J connectivity index is 3.03. The van der Waals surface area contributed by atoms with Crippen molar-refractivity contribution in [3.05, 3.63) is 23.8 Å². The van der Waals surface area contributed by atoms with E-state index < -0.39 is 0 Å². The van der Waals surface area contributed by atoms with E-state index in [0.717, 1.165) is 6.42 Å². The summed E-state index contributed by atoms with van der Waals surface area (Å²) < 4.78 is 5.10. The predicted molar refractivity (Wildman–Crippen MR) is 77.7 cm³/mol. The quantitative estimate of drug-likeness (QED) is 0.757.